The standard InChI is InChI=1S/C12H15NO5S/c1-7-3-5-9(19-7)11(15)13-8(12(16)17)4-6-10(14)18-2/h3,5,8H,4,6H2,1-2H3,(H,13,15)(H,16,17)/t8-/m1/s1. The molecule has 6 nitrogen and oxygen atoms in total. The smallest absolute Gasteiger partial charge is 0.326 e. The molecule has 1 heterocycles. The largest absolute Gasteiger partial charge is 0.480 e. The van der Waals surface area contributed by atoms with Gasteiger partial charge in [-0.2, -0.15) is 0 Å². The van der Waals surface area contributed by atoms with Crippen LogP contribution in [0.3, 0.4) is 0 Å². The van der Waals surface area contributed by atoms with Gasteiger partial charge in [0.25, 0.3) is 5.91 Å². The molecule has 0 aliphatic rings. The first-order valence-corrected chi connectivity index (χ1v) is 6.42. The molecule has 0 saturated carbocycles. The van der Waals surface area contributed by atoms with Crippen LogP contribution in [0.5, 0.6) is 0 Å². The Morgan fingerprint density at radius 1 is 1.42 bits per heavy atom. The van der Waals surface area contributed by atoms with Gasteiger partial charge in [-0.05, 0) is 25.5 Å². The zero-order chi connectivity index (χ0) is 14.4. The van der Waals surface area contributed by atoms with Gasteiger partial charge in [-0.25, -0.2) is 4.79 Å². The van der Waals surface area contributed by atoms with Crippen LogP contribution in [-0.4, -0.2) is 36.1 Å². The lowest BCUT2D eigenvalue weighted by Gasteiger charge is -2.13. The van der Waals surface area contributed by atoms with Crippen LogP contribution in [0.15, 0.2) is 12.1 Å². The van der Waals surface area contributed by atoms with E-state index >= 15 is 0 Å². The molecule has 2 N–H and O–H groups in total. The van der Waals surface area contributed by atoms with Crippen molar-refractivity contribution in [2.24, 2.45) is 0 Å². The molecule has 0 aliphatic carbocycles. The Morgan fingerprint density at radius 2 is 2.11 bits per heavy atom. The number of aryl methyl sites for hydroxylation is 1. The van der Waals surface area contributed by atoms with E-state index in [4.69, 9.17) is 5.11 Å². The highest BCUT2D eigenvalue weighted by Crippen LogP contribution is 2.15. The first kappa shape index (κ1) is 15.2. The molecule has 0 bridgehead atoms. The molecule has 0 saturated heterocycles. The summed E-state index contributed by atoms with van der Waals surface area (Å²) in [6, 6.07) is 2.31. The first-order chi connectivity index (χ1) is 8.93. The fraction of sp³-hybridized carbons (Fsp3) is 0.417. The van der Waals surface area contributed by atoms with E-state index in [0.717, 1.165) is 4.88 Å². The fourth-order valence-corrected chi connectivity index (χ4v) is 2.18. The number of carbonyl (C=O) groups excluding carboxylic acids is 2. The second kappa shape index (κ2) is 6.89. The number of esters is 1. The molecule has 0 spiro atoms. The number of methoxy groups -OCH3 is 1. The number of rotatable bonds is 6. The quantitative estimate of drug-likeness (QED) is 0.766. The topological polar surface area (TPSA) is 92.7 Å². The van der Waals surface area contributed by atoms with Gasteiger partial charge in [-0.3, -0.25) is 9.59 Å². The Labute approximate surface area is 114 Å². The Hall–Kier alpha value is -1.89. The summed E-state index contributed by atoms with van der Waals surface area (Å²) in [6.07, 6.45) is -0.0602. The number of hydrogen-bond acceptors (Lipinski definition) is 5. The number of thiophene rings is 1. The lowest BCUT2D eigenvalue weighted by molar-refractivity contribution is -0.142. The van der Waals surface area contributed by atoms with E-state index in [-0.39, 0.29) is 12.8 Å². The minimum atomic E-state index is -1.18. The van der Waals surface area contributed by atoms with E-state index in [2.05, 4.69) is 10.1 Å². The number of hydrogen-bond donors (Lipinski definition) is 2. The Kier molecular flexibility index (Phi) is 5.50. The Morgan fingerprint density at radius 3 is 2.58 bits per heavy atom. The lowest BCUT2D eigenvalue weighted by Crippen LogP contribution is -2.40. The molecule has 0 radical (unpaired) electrons. The Balaban J connectivity index is 2.61. The number of amides is 1. The number of nitrogens with one attached hydrogen (secondary N) is 1. The number of carboxylic acid groups (broad SMARTS) is 1. The zero-order valence-corrected chi connectivity index (χ0v) is 11.5. The van der Waals surface area contributed by atoms with Crippen LogP contribution in [0.4, 0.5) is 0 Å². The molecule has 7 heteroatoms. The van der Waals surface area contributed by atoms with Crippen molar-refractivity contribution in [3.63, 3.8) is 0 Å². The maximum Gasteiger partial charge on any atom is 0.326 e. The summed E-state index contributed by atoms with van der Waals surface area (Å²) in [7, 11) is 1.23. The van der Waals surface area contributed by atoms with E-state index in [1.165, 1.54) is 18.4 Å². The second-order valence-corrected chi connectivity index (χ2v) is 5.18. The summed E-state index contributed by atoms with van der Waals surface area (Å²) >= 11 is 1.28. The fourth-order valence-electron chi connectivity index (χ4n) is 1.41. The molecule has 0 aliphatic heterocycles. The molecule has 1 aromatic rings. The third-order valence-corrected chi connectivity index (χ3v) is 3.43. The highest BCUT2D eigenvalue weighted by Gasteiger charge is 2.22. The molecule has 0 fully saturated rings. The third kappa shape index (κ3) is 4.70. The average Bonchev–Trinajstić information content (AvgIpc) is 2.80. The van der Waals surface area contributed by atoms with Gasteiger partial charge in [-0.1, -0.05) is 0 Å². The molecular formula is C12H15NO5S. The minimum absolute atomic E-state index is 0.00188. The van der Waals surface area contributed by atoms with Crippen LogP contribution in [0.1, 0.15) is 27.4 Å². The summed E-state index contributed by atoms with van der Waals surface area (Å²) in [5.74, 6) is -2.13. The molecule has 1 aromatic heterocycles. The number of carbonyl (C=O) groups is 3. The van der Waals surface area contributed by atoms with Gasteiger partial charge in [0.05, 0.1) is 12.0 Å². The van der Waals surface area contributed by atoms with Gasteiger partial charge in [0.1, 0.15) is 6.04 Å². The summed E-state index contributed by atoms with van der Waals surface area (Å²) < 4.78 is 4.43. The first-order valence-electron chi connectivity index (χ1n) is 5.61. The predicted octanol–water partition coefficient (Wildman–Crippen LogP) is 1.19. The van der Waals surface area contributed by atoms with Crippen LogP contribution in [0, 0.1) is 6.92 Å². The van der Waals surface area contributed by atoms with Crippen LogP contribution in [0.2, 0.25) is 0 Å². The molecule has 1 amide bonds. The summed E-state index contributed by atoms with van der Waals surface area (Å²) in [6.45, 7) is 1.85. The number of ether oxygens (including phenoxy) is 1. The third-order valence-electron chi connectivity index (χ3n) is 2.43. The molecule has 1 atom stereocenters. The van der Waals surface area contributed by atoms with Crippen molar-refractivity contribution in [2.45, 2.75) is 25.8 Å². The predicted molar refractivity (Wildman–Crippen MR) is 69.2 cm³/mol. The van der Waals surface area contributed by atoms with Gasteiger partial charge in [0.15, 0.2) is 0 Å². The summed E-state index contributed by atoms with van der Waals surface area (Å²) in [5, 5.41) is 11.4. The Bertz CT molecular complexity index is 482. The van der Waals surface area contributed by atoms with Crippen molar-refractivity contribution >= 4 is 29.2 Å². The van der Waals surface area contributed by atoms with Gasteiger partial charge in [0.2, 0.25) is 0 Å². The summed E-state index contributed by atoms with van der Waals surface area (Å²) in [5.41, 5.74) is 0. The van der Waals surface area contributed by atoms with Gasteiger partial charge >= 0.3 is 11.9 Å². The van der Waals surface area contributed by atoms with E-state index < -0.39 is 23.9 Å². The van der Waals surface area contributed by atoms with Crippen molar-refractivity contribution in [3.05, 3.63) is 21.9 Å². The number of carboxylic acids is 1. The van der Waals surface area contributed by atoms with E-state index in [9.17, 15) is 14.4 Å². The minimum Gasteiger partial charge on any atom is -0.480 e. The maximum absolute atomic E-state index is 11.8. The van der Waals surface area contributed by atoms with Crippen molar-refractivity contribution in [1.29, 1.82) is 0 Å². The van der Waals surface area contributed by atoms with E-state index in [0.29, 0.717) is 4.88 Å². The van der Waals surface area contributed by atoms with Crippen molar-refractivity contribution in [3.8, 4) is 0 Å². The van der Waals surface area contributed by atoms with Crippen LogP contribution >= 0.6 is 11.3 Å². The second-order valence-electron chi connectivity index (χ2n) is 3.89. The van der Waals surface area contributed by atoms with Crippen molar-refractivity contribution in [1.82, 2.24) is 5.32 Å². The van der Waals surface area contributed by atoms with Crippen molar-refractivity contribution in [2.75, 3.05) is 7.11 Å². The van der Waals surface area contributed by atoms with Gasteiger partial charge < -0.3 is 15.2 Å². The van der Waals surface area contributed by atoms with Gasteiger partial charge in [0, 0.05) is 11.3 Å². The SMILES string of the molecule is COC(=O)CC[C@@H](NC(=O)c1ccc(C)s1)C(=O)O. The molecule has 1 rings (SSSR count). The van der Waals surface area contributed by atoms with Gasteiger partial charge in [-0.15, -0.1) is 11.3 Å². The van der Waals surface area contributed by atoms with Crippen LogP contribution in [-0.2, 0) is 14.3 Å². The molecule has 0 aromatic carbocycles. The maximum atomic E-state index is 11.8. The van der Waals surface area contributed by atoms with E-state index in [1.807, 2.05) is 6.92 Å². The zero-order valence-electron chi connectivity index (χ0n) is 10.6. The summed E-state index contributed by atoms with van der Waals surface area (Å²) in [4.78, 5) is 35.2. The number of aliphatic carboxylic acids is 1. The van der Waals surface area contributed by atoms with E-state index in [1.54, 1.807) is 12.1 Å². The molecular weight excluding hydrogens is 270 g/mol. The normalized spacial score (nSPS) is 11.7. The molecule has 19 heavy (non-hydrogen) atoms. The molecule has 0 unspecified atom stereocenters. The highest BCUT2D eigenvalue weighted by atomic mass is 32.1. The van der Waals surface area contributed by atoms with Crippen LogP contribution in [0.25, 0.3) is 0 Å². The van der Waals surface area contributed by atoms with Crippen molar-refractivity contribution < 1.29 is 24.2 Å². The monoisotopic (exact) mass is 285 g/mol. The lowest BCUT2D eigenvalue weighted by atomic mass is 10.1. The molecule has 104 valence electrons. The average molecular weight is 285 g/mol. The highest BCUT2D eigenvalue weighted by molar-refractivity contribution is 7.13. The van der Waals surface area contributed by atoms with Crippen LogP contribution < -0.4 is 5.32 Å².